The highest BCUT2D eigenvalue weighted by atomic mass is 32.2. The van der Waals surface area contributed by atoms with Crippen LogP contribution in [0.25, 0.3) is 0 Å². The number of hydrogen-bond donors (Lipinski definition) is 1. The van der Waals surface area contributed by atoms with Crippen LogP contribution in [-0.4, -0.2) is 55.3 Å². The number of piperidine rings is 1. The molecule has 1 N–H and O–H groups in total. The van der Waals surface area contributed by atoms with Gasteiger partial charge in [0, 0.05) is 31.2 Å². The van der Waals surface area contributed by atoms with Gasteiger partial charge in [0.1, 0.15) is 10.0 Å². The largest absolute Gasteiger partial charge is 0.332 e. The number of nitrogens with one attached hydrogen (secondary N) is 1. The molecule has 1 aromatic heterocycles. The van der Waals surface area contributed by atoms with Gasteiger partial charge in [-0.05, 0) is 62.8 Å². The average molecular weight is 468 g/mol. The zero-order valence-electron chi connectivity index (χ0n) is 18.2. The van der Waals surface area contributed by atoms with Crippen molar-refractivity contribution in [1.82, 2.24) is 14.5 Å². The first kappa shape index (κ1) is 23.8. The molecular weight excluding hydrogens is 437 g/mol. The summed E-state index contributed by atoms with van der Waals surface area (Å²) in [4.78, 5) is 16.9. The molecule has 1 aromatic carbocycles. The number of halogens is 1. The normalized spacial score (nSPS) is 16.4. The predicted octanol–water partition coefficient (Wildman–Crippen LogP) is 3.46. The van der Waals surface area contributed by atoms with Gasteiger partial charge in [-0.15, -0.1) is 11.3 Å². The monoisotopic (exact) mass is 467 g/mol. The number of amides is 1. The molecular formula is C22H30FN3O3S2. The van der Waals surface area contributed by atoms with Crippen LogP contribution in [0.4, 0.5) is 4.39 Å². The molecule has 0 atom stereocenters. The summed E-state index contributed by atoms with van der Waals surface area (Å²) in [5.74, 6) is -0.333. The second-order valence-corrected chi connectivity index (χ2v) is 11.8. The fourth-order valence-electron chi connectivity index (χ4n) is 3.70. The van der Waals surface area contributed by atoms with Crippen molar-refractivity contribution in [1.29, 1.82) is 0 Å². The van der Waals surface area contributed by atoms with Gasteiger partial charge in [-0.25, -0.2) is 17.5 Å². The molecule has 1 fully saturated rings. The number of thiophene rings is 1. The van der Waals surface area contributed by atoms with Crippen molar-refractivity contribution in [2.45, 2.75) is 55.9 Å². The number of rotatable bonds is 7. The van der Waals surface area contributed by atoms with E-state index in [0.717, 1.165) is 5.56 Å². The summed E-state index contributed by atoms with van der Waals surface area (Å²) >= 11 is 1.20. The molecule has 0 unspecified atom stereocenters. The van der Waals surface area contributed by atoms with Crippen LogP contribution in [0.15, 0.2) is 46.0 Å². The Balaban J connectivity index is 1.56. The second kappa shape index (κ2) is 9.77. The SMILES string of the molecule is CC(C)(C)N(Cc1cccc(F)c1)C(=O)CN1CCC(NS(=O)(=O)c2cccs2)CC1. The summed E-state index contributed by atoms with van der Waals surface area (Å²) in [7, 11) is -3.48. The maximum Gasteiger partial charge on any atom is 0.250 e. The lowest BCUT2D eigenvalue weighted by atomic mass is 10.0. The number of carbonyl (C=O) groups excluding carboxylic acids is 1. The maximum atomic E-state index is 13.6. The van der Waals surface area contributed by atoms with Gasteiger partial charge < -0.3 is 4.90 Å². The van der Waals surface area contributed by atoms with E-state index in [1.807, 2.05) is 26.8 Å². The van der Waals surface area contributed by atoms with E-state index in [0.29, 0.717) is 36.7 Å². The molecule has 1 amide bonds. The molecule has 0 radical (unpaired) electrons. The quantitative estimate of drug-likeness (QED) is 0.677. The summed E-state index contributed by atoms with van der Waals surface area (Å²) in [5, 5.41) is 1.74. The Morgan fingerprint density at radius 1 is 1.23 bits per heavy atom. The Hall–Kier alpha value is -1.81. The van der Waals surface area contributed by atoms with Crippen LogP contribution in [0.1, 0.15) is 39.2 Å². The average Bonchev–Trinajstić information content (AvgIpc) is 3.22. The molecule has 0 spiro atoms. The lowest BCUT2D eigenvalue weighted by Crippen LogP contribution is -2.51. The van der Waals surface area contributed by atoms with Crippen molar-refractivity contribution in [3.63, 3.8) is 0 Å². The van der Waals surface area contributed by atoms with Gasteiger partial charge in [0.05, 0.1) is 6.54 Å². The zero-order chi connectivity index (χ0) is 22.6. The number of likely N-dealkylation sites (tertiary alicyclic amines) is 1. The van der Waals surface area contributed by atoms with Crippen molar-refractivity contribution < 1.29 is 17.6 Å². The van der Waals surface area contributed by atoms with Gasteiger partial charge in [-0.2, -0.15) is 0 Å². The number of sulfonamides is 1. The molecule has 9 heteroatoms. The van der Waals surface area contributed by atoms with Gasteiger partial charge in [-0.1, -0.05) is 18.2 Å². The molecule has 3 rings (SSSR count). The van der Waals surface area contributed by atoms with Crippen molar-refractivity contribution in [3.8, 4) is 0 Å². The maximum absolute atomic E-state index is 13.6. The van der Waals surface area contributed by atoms with Gasteiger partial charge in [0.25, 0.3) is 0 Å². The summed E-state index contributed by atoms with van der Waals surface area (Å²) < 4.78 is 41.5. The Bertz CT molecular complexity index is 980. The molecule has 31 heavy (non-hydrogen) atoms. The third-order valence-electron chi connectivity index (χ3n) is 5.37. The van der Waals surface area contributed by atoms with Gasteiger partial charge in [0.15, 0.2) is 0 Å². The Morgan fingerprint density at radius 2 is 1.94 bits per heavy atom. The smallest absolute Gasteiger partial charge is 0.250 e. The summed E-state index contributed by atoms with van der Waals surface area (Å²) in [6, 6.07) is 9.50. The first-order valence-electron chi connectivity index (χ1n) is 10.4. The molecule has 6 nitrogen and oxygen atoms in total. The Morgan fingerprint density at radius 3 is 2.52 bits per heavy atom. The van der Waals surface area contributed by atoms with E-state index in [4.69, 9.17) is 0 Å². The minimum atomic E-state index is -3.48. The summed E-state index contributed by atoms with van der Waals surface area (Å²) in [6.07, 6.45) is 1.30. The van der Waals surface area contributed by atoms with E-state index in [2.05, 4.69) is 9.62 Å². The van der Waals surface area contributed by atoms with Gasteiger partial charge in [-0.3, -0.25) is 9.69 Å². The van der Waals surface area contributed by atoms with Crippen LogP contribution in [0.5, 0.6) is 0 Å². The second-order valence-electron chi connectivity index (χ2n) is 8.88. The lowest BCUT2D eigenvalue weighted by molar-refractivity contribution is -0.138. The highest BCUT2D eigenvalue weighted by molar-refractivity contribution is 7.91. The number of carbonyl (C=O) groups is 1. The van der Waals surface area contributed by atoms with E-state index in [1.165, 1.54) is 23.5 Å². The first-order chi connectivity index (χ1) is 14.5. The highest BCUT2D eigenvalue weighted by Crippen LogP contribution is 2.21. The molecule has 0 bridgehead atoms. The number of hydrogen-bond acceptors (Lipinski definition) is 5. The van der Waals surface area contributed by atoms with Crippen molar-refractivity contribution in [2.75, 3.05) is 19.6 Å². The molecule has 1 aliphatic rings. The van der Waals surface area contributed by atoms with Crippen LogP contribution in [0, 0.1) is 5.82 Å². The van der Waals surface area contributed by atoms with Crippen LogP contribution in [-0.2, 0) is 21.4 Å². The van der Waals surface area contributed by atoms with Crippen molar-refractivity contribution in [3.05, 3.63) is 53.2 Å². The van der Waals surface area contributed by atoms with E-state index in [9.17, 15) is 17.6 Å². The minimum Gasteiger partial charge on any atom is -0.332 e. The molecule has 2 aromatic rings. The zero-order valence-corrected chi connectivity index (χ0v) is 19.8. The highest BCUT2D eigenvalue weighted by Gasteiger charge is 2.30. The van der Waals surface area contributed by atoms with Crippen molar-refractivity contribution in [2.24, 2.45) is 0 Å². The summed E-state index contributed by atoms with van der Waals surface area (Å²) in [5.41, 5.74) is 0.350. The first-order valence-corrected chi connectivity index (χ1v) is 12.7. The van der Waals surface area contributed by atoms with E-state index in [-0.39, 0.29) is 24.3 Å². The molecule has 1 saturated heterocycles. The fraction of sp³-hybridized carbons (Fsp3) is 0.500. The molecule has 1 aliphatic heterocycles. The summed E-state index contributed by atoms with van der Waals surface area (Å²) in [6.45, 7) is 7.79. The molecule has 170 valence electrons. The van der Waals surface area contributed by atoms with Gasteiger partial charge >= 0.3 is 0 Å². The third kappa shape index (κ3) is 6.58. The van der Waals surface area contributed by atoms with Crippen LogP contribution < -0.4 is 4.72 Å². The van der Waals surface area contributed by atoms with Crippen LogP contribution in [0.3, 0.4) is 0 Å². The number of nitrogens with zero attached hydrogens (tertiary/aromatic N) is 2. The molecule has 0 saturated carbocycles. The Labute approximate surface area is 188 Å². The van der Waals surface area contributed by atoms with Crippen molar-refractivity contribution >= 4 is 27.3 Å². The van der Waals surface area contributed by atoms with Gasteiger partial charge in [0.2, 0.25) is 15.9 Å². The van der Waals surface area contributed by atoms with Crippen LogP contribution >= 0.6 is 11.3 Å². The molecule has 2 heterocycles. The lowest BCUT2D eigenvalue weighted by Gasteiger charge is -2.38. The molecule has 0 aliphatic carbocycles. The fourth-order valence-corrected chi connectivity index (χ4v) is 6.01. The standard InChI is InChI=1S/C22H30FN3O3S2/c1-22(2,3)26(15-17-6-4-7-18(23)14-17)20(27)16-25-11-9-19(10-12-25)24-31(28,29)21-8-5-13-30-21/h4-8,13-14,19,24H,9-12,15-16H2,1-3H3. The Kier molecular flexibility index (Phi) is 7.51. The van der Waals surface area contributed by atoms with E-state index < -0.39 is 15.6 Å². The van der Waals surface area contributed by atoms with E-state index in [1.54, 1.807) is 28.5 Å². The topological polar surface area (TPSA) is 69.7 Å². The predicted molar refractivity (Wildman–Crippen MR) is 121 cm³/mol. The van der Waals surface area contributed by atoms with E-state index >= 15 is 0 Å². The van der Waals surface area contributed by atoms with Crippen LogP contribution in [0.2, 0.25) is 0 Å². The number of benzene rings is 1. The minimum absolute atomic E-state index is 0.0191. The third-order valence-corrected chi connectivity index (χ3v) is 8.29.